The van der Waals surface area contributed by atoms with Crippen LogP contribution in [0.3, 0.4) is 0 Å². The van der Waals surface area contributed by atoms with Gasteiger partial charge in [-0.3, -0.25) is 0 Å². The minimum Gasteiger partial charge on any atom is -0.159 e. The Balaban J connectivity index is 2.97. The van der Waals surface area contributed by atoms with E-state index in [-0.39, 0.29) is 0 Å². The second-order valence-corrected chi connectivity index (χ2v) is 8.79. The van der Waals surface area contributed by atoms with Gasteiger partial charge in [0, 0.05) is 5.25 Å². The van der Waals surface area contributed by atoms with Crippen LogP contribution in [0.2, 0.25) is 0 Å². The predicted octanol–water partition coefficient (Wildman–Crippen LogP) is 8.59. The van der Waals surface area contributed by atoms with Crippen LogP contribution in [0.25, 0.3) is 0 Å². The SMILES string of the molecule is [CH2]CCCCCCCCCCCCCCCCCSC(C)CC. The van der Waals surface area contributed by atoms with Gasteiger partial charge in [-0.25, -0.2) is 0 Å². The van der Waals surface area contributed by atoms with Crippen molar-refractivity contribution in [2.45, 2.75) is 128 Å². The highest BCUT2D eigenvalue weighted by Crippen LogP contribution is 2.17. The fourth-order valence-electron chi connectivity index (χ4n) is 2.98. The van der Waals surface area contributed by atoms with E-state index in [0.29, 0.717) is 0 Å². The van der Waals surface area contributed by atoms with Crippen molar-refractivity contribution in [1.29, 1.82) is 0 Å². The van der Waals surface area contributed by atoms with Crippen LogP contribution in [-0.4, -0.2) is 11.0 Å². The van der Waals surface area contributed by atoms with E-state index < -0.39 is 0 Å². The van der Waals surface area contributed by atoms with Gasteiger partial charge in [0.15, 0.2) is 0 Å². The second-order valence-electron chi connectivity index (χ2n) is 7.25. The lowest BCUT2D eigenvalue weighted by Crippen LogP contribution is -1.94. The molecule has 0 spiro atoms. The van der Waals surface area contributed by atoms with Crippen LogP contribution in [-0.2, 0) is 0 Å². The lowest BCUT2D eigenvalue weighted by atomic mass is 10.0. The van der Waals surface area contributed by atoms with E-state index in [1.807, 2.05) is 0 Å². The van der Waals surface area contributed by atoms with E-state index in [0.717, 1.165) is 11.7 Å². The molecule has 0 heterocycles. The van der Waals surface area contributed by atoms with Gasteiger partial charge in [-0.1, -0.05) is 117 Å². The molecule has 1 heteroatoms. The summed E-state index contributed by atoms with van der Waals surface area (Å²) < 4.78 is 0. The summed E-state index contributed by atoms with van der Waals surface area (Å²) >= 11 is 2.16. The largest absolute Gasteiger partial charge is 0.159 e. The van der Waals surface area contributed by atoms with Gasteiger partial charge in [0.1, 0.15) is 0 Å². The van der Waals surface area contributed by atoms with Crippen LogP contribution in [0.15, 0.2) is 0 Å². The van der Waals surface area contributed by atoms with Crippen LogP contribution in [0.1, 0.15) is 123 Å². The summed E-state index contributed by atoms with van der Waals surface area (Å²) in [6.45, 7) is 8.55. The van der Waals surface area contributed by atoms with Gasteiger partial charge in [0.05, 0.1) is 0 Å². The molecule has 0 aromatic heterocycles. The van der Waals surface area contributed by atoms with Gasteiger partial charge in [0.25, 0.3) is 0 Å². The van der Waals surface area contributed by atoms with Gasteiger partial charge in [0.2, 0.25) is 0 Å². The lowest BCUT2D eigenvalue weighted by molar-refractivity contribution is 0.533. The normalized spacial score (nSPS) is 12.7. The first kappa shape index (κ1) is 23.4. The molecule has 1 atom stereocenters. The molecule has 0 aliphatic heterocycles. The minimum absolute atomic E-state index is 0.864. The summed E-state index contributed by atoms with van der Waals surface area (Å²) in [7, 11) is 0. The van der Waals surface area contributed by atoms with E-state index >= 15 is 0 Å². The van der Waals surface area contributed by atoms with E-state index in [1.165, 1.54) is 108 Å². The number of rotatable bonds is 19. The van der Waals surface area contributed by atoms with E-state index in [4.69, 9.17) is 0 Å². The maximum atomic E-state index is 3.90. The molecule has 0 bridgehead atoms. The summed E-state index contributed by atoms with van der Waals surface area (Å²) in [6, 6.07) is 0. The zero-order valence-electron chi connectivity index (χ0n) is 16.4. The van der Waals surface area contributed by atoms with Crippen molar-refractivity contribution in [2.24, 2.45) is 0 Å². The average Bonchev–Trinajstić information content (AvgIpc) is 2.57. The van der Waals surface area contributed by atoms with Crippen molar-refractivity contribution in [1.82, 2.24) is 0 Å². The minimum atomic E-state index is 0.864. The van der Waals surface area contributed by atoms with Crippen molar-refractivity contribution in [2.75, 3.05) is 5.75 Å². The summed E-state index contributed by atoms with van der Waals surface area (Å²) in [4.78, 5) is 0. The zero-order chi connectivity index (χ0) is 17.0. The number of hydrogen-bond donors (Lipinski definition) is 0. The average molecular weight is 342 g/mol. The summed E-state index contributed by atoms with van der Waals surface area (Å²) in [5, 5.41) is 0.864. The van der Waals surface area contributed by atoms with Gasteiger partial charge in [-0.15, -0.1) is 0 Å². The molecule has 0 aromatic rings. The maximum Gasteiger partial charge on any atom is 0.00160 e. The van der Waals surface area contributed by atoms with E-state index in [2.05, 4.69) is 32.5 Å². The molecule has 1 unspecified atom stereocenters. The molecule has 0 aliphatic carbocycles. The first-order valence-electron chi connectivity index (χ1n) is 10.7. The predicted molar refractivity (Wildman–Crippen MR) is 111 cm³/mol. The molecule has 1 radical (unpaired) electrons. The Hall–Kier alpha value is 0.350. The Bertz CT molecular complexity index is 202. The molecule has 0 aliphatic rings. The highest BCUT2D eigenvalue weighted by atomic mass is 32.2. The molecule has 139 valence electrons. The van der Waals surface area contributed by atoms with Gasteiger partial charge < -0.3 is 0 Å². The topological polar surface area (TPSA) is 0 Å². The Kier molecular flexibility index (Phi) is 20.7. The summed E-state index contributed by atoms with van der Waals surface area (Å²) in [5.41, 5.74) is 0. The van der Waals surface area contributed by atoms with Crippen molar-refractivity contribution >= 4 is 11.8 Å². The molecule has 0 rings (SSSR count). The lowest BCUT2D eigenvalue weighted by Gasteiger charge is -2.07. The molecule has 0 N–H and O–H groups in total. The third kappa shape index (κ3) is 20.3. The smallest absolute Gasteiger partial charge is 0.00160 e. The Morgan fingerprint density at radius 1 is 0.609 bits per heavy atom. The van der Waals surface area contributed by atoms with E-state index in [1.54, 1.807) is 0 Å². The monoisotopic (exact) mass is 341 g/mol. The van der Waals surface area contributed by atoms with Crippen molar-refractivity contribution < 1.29 is 0 Å². The first-order valence-corrected chi connectivity index (χ1v) is 11.8. The first-order chi connectivity index (χ1) is 11.3. The third-order valence-electron chi connectivity index (χ3n) is 4.87. The quantitative estimate of drug-likeness (QED) is 0.212. The molecular formula is C22H45S. The van der Waals surface area contributed by atoms with Crippen LogP contribution in [0.4, 0.5) is 0 Å². The zero-order valence-corrected chi connectivity index (χ0v) is 17.2. The van der Waals surface area contributed by atoms with Crippen LogP contribution in [0.5, 0.6) is 0 Å². The fraction of sp³-hybridized carbons (Fsp3) is 0.955. The van der Waals surface area contributed by atoms with Crippen molar-refractivity contribution in [3.8, 4) is 0 Å². The van der Waals surface area contributed by atoms with Gasteiger partial charge in [-0.05, 0) is 18.6 Å². The fourth-order valence-corrected chi connectivity index (χ4v) is 3.99. The van der Waals surface area contributed by atoms with Crippen LogP contribution in [0, 0.1) is 6.92 Å². The van der Waals surface area contributed by atoms with Crippen molar-refractivity contribution in [3.63, 3.8) is 0 Å². The molecule has 0 aromatic carbocycles. The Labute approximate surface area is 153 Å². The Morgan fingerprint density at radius 3 is 1.30 bits per heavy atom. The van der Waals surface area contributed by atoms with Crippen molar-refractivity contribution in [3.05, 3.63) is 6.92 Å². The third-order valence-corrected chi connectivity index (χ3v) is 6.30. The highest BCUT2D eigenvalue weighted by Gasteiger charge is 1.98. The Morgan fingerprint density at radius 2 is 0.957 bits per heavy atom. The van der Waals surface area contributed by atoms with Gasteiger partial charge in [-0.2, -0.15) is 11.8 Å². The second kappa shape index (κ2) is 20.4. The molecule has 0 saturated heterocycles. The molecule has 0 fully saturated rings. The summed E-state index contributed by atoms with van der Waals surface area (Å²) in [5.74, 6) is 1.38. The molecule has 0 nitrogen and oxygen atoms in total. The van der Waals surface area contributed by atoms with E-state index in [9.17, 15) is 0 Å². The highest BCUT2D eigenvalue weighted by molar-refractivity contribution is 7.99. The van der Waals surface area contributed by atoms with Gasteiger partial charge >= 0.3 is 0 Å². The standard InChI is InChI=1S/C22H45S/c1-4-6-7-8-9-10-11-12-13-14-15-16-17-18-19-20-21-23-22(3)5-2/h22H,1,4-21H2,2-3H3. The maximum absolute atomic E-state index is 3.90. The molecular weight excluding hydrogens is 296 g/mol. The number of thioether (sulfide) groups is 1. The molecule has 0 amide bonds. The number of hydrogen-bond acceptors (Lipinski definition) is 1. The number of unbranched alkanes of at least 4 members (excludes halogenated alkanes) is 15. The summed E-state index contributed by atoms with van der Waals surface area (Å²) in [6.07, 6.45) is 24.2. The van der Waals surface area contributed by atoms with Crippen LogP contribution >= 0.6 is 11.8 Å². The molecule has 23 heavy (non-hydrogen) atoms. The van der Waals surface area contributed by atoms with Crippen LogP contribution < -0.4 is 0 Å². The molecule has 0 saturated carbocycles.